The van der Waals surface area contributed by atoms with E-state index < -0.39 is 12.1 Å². The van der Waals surface area contributed by atoms with Crippen LogP contribution in [0.1, 0.15) is 29.3 Å². The van der Waals surface area contributed by atoms with E-state index >= 15 is 0 Å². The van der Waals surface area contributed by atoms with Crippen molar-refractivity contribution in [3.63, 3.8) is 0 Å². The van der Waals surface area contributed by atoms with Crippen LogP contribution in [-0.2, 0) is 16.0 Å². The van der Waals surface area contributed by atoms with Crippen LogP contribution < -0.4 is 4.74 Å². The SMILES string of the molecule is COc1cccc2c1CCC(OC(C)=O)C2=O. The van der Waals surface area contributed by atoms with Gasteiger partial charge in [-0.05, 0) is 18.9 Å². The van der Waals surface area contributed by atoms with Crippen LogP contribution in [0.5, 0.6) is 5.75 Å². The number of methoxy groups -OCH3 is 1. The number of rotatable bonds is 2. The molecular weight excluding hydrogens is 220 g/mol. The number of hydrogen-bond acceptors (Lipinski definition) is 4. The molecular formula is C13H14O4. The van der Waals surface area contributed by atoms with E-state index in [2.05, 4.69) is 0 Å². The van der Waals surface area contributed by atoms with Gasteiger partial charge >= 0.3 is 5.97 Å². The first kappa shape index (κ1) is 11.6. The normalized spacial score (nSPS) is 18.5. The Bertz CT molecular complexity index is 464. The van der Waals surface area contributed by atoms with Crippen molar-refractivity contribution >= 4 is 11.8 Å². The first-order valence-electron chi connectivity index (χ1n) is 5.50. The summed E-state index contributed by atoms with van der Waals surface area (Å²) >= 11 is 0. The lowest BCUT2D eigenvalue weighted by Crippen LogP contribution is -2.31. The lowest BCUT2D eigenvalue weighted by Gasteiger charge is -2.24. The van der Waals surface area contributed by atoms with Gasteiger partial charge in [0.15, 0.2) is 6.10 Å². The van der Waals surface area contributed by atoms with Gasteiger partial charge in [-0.1, -0.05) is 12.1 Å². The van der Waals surface area contributed by atoms with Crippen LogP contribution in [0.25, 0.3) is 0 Å². The molecule has 1 aromatic carbocycles. The zero-order chi connectivity index (χ0) is 12.4. The predicted octanol–water partition coefficient (Wildman–Crippen LogP) is 1.76. The molecule has 1 aliphatic rings. The van der Waals surface area contributed by atoms with Crippen LogP contribution in [0.15, 0.2) is 18.2 Å². The van der Waals surface area contributed by atoms with E-state index in [0.717, 1.165) is 11.3 Å². The number of benzene rings is 1. The predicted molar refractivity (Wildman–Crippen MR) is 61.2 cm³/mol. The maximum absolute atomic E-state index is 12.1. The van der Waals surface area contributed by atoms with Crippen LogP contribution in [-0.4, -0.2) is 25.0 Å². The fourth-order valence-corrected chi connectivity index (χ4v) is 2.14. The second-order valence-corrected chi connectivity index (χ2v) is 3.99. The quantitative estimate of drug-likeness (QED) is 0.731. The third-order valence-electron chi connectivity index (χ3n) is 2.88. The highest BCUT2D eigenvalue weighted by Gasteiger charge is 2.31. The molecule has 1 unspecified atom stereocenters. The average molecular weight is 234 g/mol. The van der Waals surface area contributed by atoms with E-state index in [-0.39, 0.29) is 5.78 Å². The number of fused-ring (bicyclic) bond motifs is 1. The summed E-state index contributed by atoms with van der Waals surface area (Å²) in [7, 11) is 1.58. The van der Waals surface area contributed by atoms with Crippen molar-refractivity contribution < 1.29 is 19.1 Å². The first-order valence-corrected chi connectivity index (χ1v) is 5.50. The van der Waals surface area contributed by atoms with Gasteiger partial charge in [-0.15, -0.1) is 0 Å². The molecule has 0 fully saturated rings. The molecule has 1 aromatic rings. The number of Topliss-reactive ketones (excluding diaryl/α,β-unsaturated/α-hetero) is 1. The van der Waals surface area contributed by atoms with E-state index in [1.165, 1.54) is 6.92 Å². The molecule has 0 aliphatic heterocycles. The summed E-state index contributed by atoms with van der Waals surface area (Å²) in [6.45, 7) is 1.31. The minimum Gasteiger partial charge on any atom is -0.496 e. The Hall–Kier alpha value is -1.84. The molecule has 0 radical (unpaired) electrons. The van der Waals surface area contributed by atoms with Gasteiger partial charge in [-0.25, -0.2) is 0 Å². The highest BCUT2D eigenvalue weighted by Crippen LogP contribution is 2.30. The maximum atomic E-state index is 12.1. The minimum absolute atomic E-state index is 0.139. The molecule has 0 spiro atoms. The van der Waals surface area contributed by atoms with Crippen LogP contribution in [0.4, 0.5) is 0 Å². The molecule has 0 aromatic heterocycles. The van der Waals surface area contributed by atoms with Gasteiger partial charge in [0.1, 0.15) is 5.75 Å². The molecule has 0 heterocycles. The van der Waals surface area contributed by atoms with Gasteiger partial charge in [-0.2, -0.15) is 0 Å². The molecule has 90 valence electrons. The Morgan fingerprint density at radius 2 is 2.18 bits per heavy atom. The molecule has 17 heavy (non-hydrogen) atoms. The minimum atomic E-state index is -0.646. The molecule has 1 atom stereocenters. The lowest BCUT2D eigenvalue weighted by atomic mass is 9.88. The van der Waals surface area contributed by atoms with Gasteiger partial charge in [0.2, 0.25) is 5.78 Å². The molecule has 0 amide bonds. The fraction of sp³-hybridized carbons (Fsp3) is 0.385. The van der Waals surface area contributed by atoms with E-state index in [4.69, 9.17) is 9.47 Å². The van der Waals surface area contributed by atoms with Gasteiger partial charge in [0.25, 0.3) is 0 Å². The van der Waals surface area contributed by atoms with Gasteiger partial charge in [0, 0.05) is 18.1 Å². The number of carbonyl (C=O) groups is 2. The van der Waals surface area contributed by atoms with Gasteiger partial charge < -0.3 is 9.47 Å². The van der Waals surface area contributed by atoms with Gasteiger partial charge in [0.05, 0.1) is 7.11 Å². The zero-order valence-corrected chi connectivity index (χ0v) is 9.86. The highest BCUT2D eigenvalue weighted by atomic mass is 16.5. The highest BCUT2D eigenvalue weighted by molar-refractivity contribution is 6.03. The average Bonchev–Trinajstić information content (AvgIpc) is 2.31. The topological polar surface area (TPSA) is 52.6 Å². The van der Waals surface area contributed by atoms with Crippen LogP contribution in [0.3, 0.4) is 0 Å². The number of esters is 1. The summed E-state index contributed by atoms with van der Waals surface area (Å²) in [5.41, 5.74) is 1.50. The number of ether oxygens (including phenoxy) is 2. The summed E-state index contributed by atoms with van der Waals surface area (Å²) in [5.74, 6) is 0.159. The number of hydrogen-bond donors (Lipinski definition) is 0. The van der Waals surface area contributed by atoms with E-state index in [1.54, 1.807) is 19.2 Å². The molecule has 4 heteroatoms. The standard InChI is InChI=1S/C13H14O4/c1-8(14)17-12-7-6-9-10(13(12)15)4-3-5-11(9)16-2/h3-5,12H,6-7H2,1-2H3. The largest absolute Gasteiger partial charge is 0.496 e. The Labute approximate surface area is 99.5 Å². The molecule has 4 nitrogen and oxygen atoms in total. The summed E-state index contributed by atoms with van der Waals surface area (Å²) < 4.78 is 10.2. The molecule has 0 bridgehead atoms. The number of ketones is 1. The van der Waals surface area contributed by atoms with Crippen molar-refractivity contribution in [2.75, 3.05) is 7.11 Å². The van der Waals surface area contributed by atoms with Crippen molar-refractivity contribution in [3.05, 3.63) is 29.3 Å². The Morgan fingerprint density at radius 1 is 1.41 bits per heavy atom. The fourth-order valence-electron chi connectivity index (χ4n) is 2.14. The smallest absolute Gasteiger partial charge is 0.303 e. The number of carbonyl (C=O) groups excluding carboxylic acids is 2. The molecule has 1 aliphatic carbocycles. The first-order chi connectivity index (χ1) is 8.13. The van der Waals surface area contributed by atoms with Crippen molar-refractivity contribution in [1.82, 2.24) is 0 Å². The van der Waals surface area contributed by atoms with E-state index in [1.807, 2.05) is 6.07 Å². The zero-order valence-electron chi connectivity index (χ0n) is 9.86. The van der Waals surface area contributed by atoms with Crippen LogP contribution in [0.2, 0.25) is 0 Å². The summed E-state index contributed by atoms with van der Waals surface area (Å²) in [6.07, 6.45) is 0.557. The summed E-state index contributed by atoms with van der Waals surface area (Å²) in [5, 5.41) is 0. The second kappa shape index (κ2) is 4.57. The summed E-state index contributed by atoms with van der Waals surface area (Å²) in [6, 6.07) is 5.35. The van der Waals surface area contributed by atoms with Crippen molar-refractivity contribution in [2.24, 2.45) is 0 Å². The van der Waals surface area contributed by atoms with E-state index in [0.29, 0.717) is 18.4 Å². The van der Waals surface area contributed by atoms with Crippen LogP contribution in [0, 0.1) is 0 Å². The van der Waals surface area contributed by atoms with Crippen molar-refractivity contribution in [3.8, 4) is 5.75 Å². The third kappa shape index (κ3) is 2.16. The maximum Gasteiger partial charge on any atom is 0.303 e. The molecule has 2 rings (SSSR count). The molecule has 0 saturated heterocycles. The van der Waals surface area contributed by atoms with Crippen molar-refractivity contribution in [1.29, 1.82) is 0 Å². The van der Waals surface area contributed by atoms with Crippen LogP contribution >= 0.6 is 0 Å². The third-order valence-corrected chi connectivity index (χ3v) is 2.88. The monoisotopic (exact) mass is 234 g/mol. The van der Waals surface area contributed by atoms with E-state index in [9.17, 15) is 9.59 Å². The summed E-state index contributed by atoms with van der Waals surface area (Å²) in [4.78, 5) is 23.0. The molecule has 0 N–H and O–H groups in total. The Morgan fingerprint density at radius 3 is 2.82 bits per heavy atom. The van der Waals surface area contributed by atoms with Gasteiger partial charge in [-0.3, -0.25) is 9.59 Å². The Kier molecular flexibility index (Phi) is 3.13. The molecule has 0 saturated carbocycles. The lowest BCUT2D eigenvalue weighted by molar-refractivity contribution is -0.144. The van der Waals surface area contributed by atoms with Crippen molar-refractivity contribution in [2.45, 2.75) is 25.9 Å². The Balaban J connectivity index is 2.33. The second-order valence-electron chi connectivity index (χ2n) is 3.99.